The van der Waals surface area contributed by atoms with Gasteiger partial charge in [-0.3, -0.25) is 9.89 Å². The quantitative estimate of drug-likeness (QED) is 0.758. The maximum Gasteiger partial charge on any atom is 0.225 e. The molecule has 0 aliphatic rings. The van der Waals surface area contributed by atoms with Gasteiger partial charge in [-0.05, 0) is 6.42 Å². The summed E-state index contributed by atoms with van der Waals surface area (Å²) >= 11 is 0. The number of hydrogen-bond acceptors (Lipinski definition) is 3. The molecule has 5 nitrogen and oxygen atoms in total. The van der Waals surface area contributed by atoms with Crippen LogP contribution in [0.3, 0.4) is 0 Å². The Balaban J connectivity index is 2.29. The van der Waals surface area contributed by atoms with Crippen molar-refractivity contribution in [1.29, 1.82) is 0 Å². The van der Waals surface area contributed by atoms with Gasteiger partial charge in [-0.25, -0.2) is 4.98 Å². The number of aromatic nitrogens is 3. The monoisotopic (exact) mass is 210 g/mol. The van der Waals surface area contributed by atoms with Crippen LogP contribution in [0.1, 0.15) is 33.0 Å². The third kappa shape index (κ3) is 3.34. The predicted molar refractivity (Wildman–Crippen MR) is 57.2 cm³/mol. The summed E-state index contributed by atoms with van der Waals surface area (Å²) in [5.41, 5.74) is -0.290. The molecular weight excluding hydrogens is 192 g/mol. The van der Waals surface area contributed by atoms with Crippen LogP contribution >= 0.6 is 0 Å². The van der Waals surface area contributed by atoms with Crippen molar-refractivity contribution in [3.05, 3.63) is 12.2 Å². The number of amides is 1. The summed E-state index contributed by atoms with van der Waals surface area (Å²) in [7, 11) is 0. The second-order valence-corrected chi connectivity index (χ2v) is 4.18. The van der Waals surface area contributed by atoms with Gasteiger partial charge in [0.15, 0.2) is 0 Å². The first-order valence-corrected chi connectivity index (χ1v) is 5.19. The lowest BCUT2D eigenvalue weighted by atomic mass is 9.89. The number of nitrogens with zero attached hydrogens (tertiary/aromatic N) is 2. The van der Waals surface area contributed by atoms with Crippen molar-refractivity contribution in [3.8, 4) is 0 Å². The number of rotatable bonds is 5. The van der Waals surface area contributed by atoms with E-state index in [1.165, 1.54) is 6.33 Å². The molecule has 0 radical (unpaired) electrons. The minimum Gasteiger partial charge on any atom is -0.355 e. The SMILES string of the molecule is CCC(C)(C)C(=O)NCCc1ncn[nH]1. The van der Waals surface area contributed by atoms with E-state index in [0.717, 1.165) is 12.2 Å². The molecule has 1 rings (SSSR count). The number of carbonyl (C=O) groups excluding carboxylic acids is 1. The summed E-state index contributed by atoms with van der Waals surface area (Å²) in [4.78, 5) is 15.6. The fourth-order valence-corrected chi connectivity index (χ4v) is 1.05. The highest BCUT2D eigenvalue weighted by molar-refractivity contribution is 5.81. The Hall–Kier alpha value is -1.39. The van der Waals surface area contributed by atoms with Crippen LogP contribution in [0, 0.1) is 5.41 Å². The average Bonchev–Trinajstić information content (AvgIpc) is 2.70. The zero-order valence-corrected chi connectivity index (χ0v) is 9.50. The van der Waals surface area contributed by atoms with Crippen LogP contribution in [0.4, 0.5) is 0 Å². The molecule has 0 aliphatic carbocycles. The Morgan fingerprint density at radius 1 is 1.60 bits per heavy atom. The molecule has 1 aromatic rings. The molecule has 0 aromatic carbocycles. The minimum absolute atomic E-state index is 0.0875. The number of hydrogen-bond donors (Lipinski definition) is 2. The van der Waals surface area contributed by atoms with Crippen LogP contribution in [0.15, 0.2) is 6.33 Å². The van der Waals surface area contributed by atoms with E-state index < -0.39 is 0 Å². The maximum atomic E-state index is 11.7. The molecule has 0 atom stereocenters. The molecule has 0 spiro atoms. The van der Waals surface area contributed by atoms with Crippen LogP contribution in [0.25, 0.3) is 0 Å². The second-order valence-electron chi connectivity index (χ2n) is 4.18. The molecule has 0 saturated carbocycles. The van der Waals surface area contributed by atoms with Gasteiger partial charge in [0.25, 0.3) is 0 Å². The fourth-order valence-electron chi connectivity index (χ4n) is 1.05. The largest absolute Gasteiger partial charge is 0.355 e. The number of carbonyl (C=O) groups is 1. The summed E-state index contributed by atoms with van der Waals surface area (Å²) in [6.07, 6.45) is 2.99. The van der Waals surface area contributed by atoms with E-state index in [-0.39, 0.29) is 11.3 Å². The molecule has 2 N–H and O–H groups in total. The van der Waals surface area contributed by atoms with Gasteiger partial charge >= 0.3 is 0 Å². The van der Waals surface area contributed by atoms with Crippen LogP contribution in [0.2, 0.25) is 0 Å². The third-order valence-electron chi connectivity index (χ3n) is 2.61. The molecule has 84 valence electrons. The van der Waals surface area contributed by atoms with Crippen molar-refractivity contribution in [1.82, 2.24) is 20.5 Å². The molecule has 5 heteroatoms. The number of nitrogens with one attached hydrogen (secondary N) is 2. The van der Waals surface area contributed by atoms with Gasteiger partial charge in [-0.2, -0.15) is 5.10 Å². The van der Waals surface area contributed by atoms with E-state index in [1.807, 2.05) is 20.8 Å². The standard InChI is InChI=1S/C10H18N4O/c1-4-10(2,3)9(15)11-6-5-8-12-7-13-14-8/h7H,4-6H2,1-3H3,(H,11,15)(H,12,13,14). The van der Waals surface area contributed by atoms with Crippen LogP contribution in [0.5, 0.6) is 0 Å². The predicted octanol–water partition coefficient (Wildman–Crippen LogP) is 0.900. The molecule has 0 fully saturated rings. The van der Waals surface area contributed by atoms with Crippen LogP contribution in [-0.4, -0.2) is 27.6 Å². The lowest BCUT2D eigenvalue weighted by molar-refractivity contribution is -0.129. The van der Waals surface area contributed by atoms with E-state index in [1.54, 1.807) is 0 Å². The summed E-state index contributed by atoms with van der Waals surface area (Å²) in [5, 5.41) is 9.37. The zero-order valence-electron chi connectivity index (χ0n) is 9.50. The maximum absolute atomic E-state index is 11.7. The molecule has 1 amide bonds. The highest BCUT2D eigenvalue weighted by atomic mass is 16.2. The second kappa shape index (κ2) is 4.91. The van der Waals surface area contributed by atoms with Crippen molar-refractivity contribution in [2.45, 2.75) is 33.6 Å². The molecule has 0 aliphatic heterocycles. The first-order chi connectivity index (χ1) is 7.06. The normalized spacial score (nSPS) is 11.4. The Morgan fingerprint density at radius 3 is 2.87 bits per heavy atom. The first kappa shape index (κ1) is 11.7. The lowest BCUT2D eigenvalue weighted by Gasteiger charge is -2.21. The zero-order chi connectivity index (χ0) is 11.3. The van der Waals surface area contributed by atoms with E-state index in [9.17, 15) is 4.79 Å². The van der Waals surface area contributed by atoms with Gasteiger partial charge in [0.05, 0.1) is 0 Å². The molecular formula is C10H18N4O. The van der Waals surface area contributed by atoms with Gasteiger partial charge in [0.2, 0.25) is 5.91 Å². The first-order valence-electron chi connectivity index (χ1n) is 5.19. The molecule has 1 aromatic heterocycles. The smallest absolute Gasteiger partial charge is 0.225 e. The molecule has 1 heterocycles. The van der Waals surface area contributed by atoms with Gasteiger partial charge in [0.1, 0.15) is 12.2 Å². The molecule has 0 unspecified atom stereocenters. The van der Waals surface area contributed by atoms with Gasteiger partial charge in [-0.1, -0.05) is 20.8 Å². The number of aromatic amines is 1. The third-order valence-corrected chi connectivity index (χ3v) is 2.61. The van der Waals surface area contributed by atoms with Gasteiger partial charge in [-0.15, -0.1) is 0 Å². The Bertz CT molecular complexity index is 305. The van der Waals surface area contributed by atoms with Gasteiger partial charge < -0.3 is 5.32 Å². The van der Waals surface area contributed by atoms with Crippen molar-refractivity contribution in [2.24, 2.45) is 5.41 Å². The summed E-state index contributed by atoms with van der Waals surface area (Å²) in [5.74, 6) is 0.883. The Morgan fingerprint density at radius 2 is 2.33 bits per heavy atom. The fraction of sp³-hybridized carbons (Fsp3) is 0.700. The summed E-state index contributed by atoms with van der Waals surface area (Å²) in [6, 6.07) is 0. The minimum atomic E-state index is -0.290. The van der Waals surface area contributed by atoms with Crippen LogP contribution < -0.4 is 5.32 Å². The lowest BCUT2D eigenvalue weighted by Crippen LogP contribution is -2.37. The summed E-state index contributed by atoms with van der Waals surface area (Å²) < 4.78 is 0. The molecule has 0 saturated heterocycles. The van der Waals surface area contributed by atoms with Crippen molar-refractivity contribution >= 4 is 5.91 Å². The Labute approximate surface area is 89.7 Å². The van der Waals surface area contributed by atoms with E-state index in [4.69, 9.17) is 0 Å². The molecule has 0 bridgehead atoms. The van der Waals surface area contributed by atoms with Crippen LogP contribution in [-0.2, 0) is 11.2 Å². The van der Waals surface area contributed by atoms with Crippen molar-refractivity contribution in [2.75, 3.05) is 6.54 Å². The van der Waals surface area contributed by atoms with E-state index in [0.29, 0.717) is 13.0 Å². The van der Waals surface area contributed by atoms with E-state index in [2.05, 4.69) is 20.5 Å². The highest BCUT2D eigenvalue weighted by Crippen LogP contribution is 2.19. The summed E-state index contributed by atoms with van der Waals surface area (Å²) in [6.45, 7) is 6.49. The van der Waals surface area contributed by atoms with E-state index >= 15 is 0 Å². The van der Waals surface area contributed by atoms with Crippen molar-refractivity contribution < 1.29 is 4.79 Å². The van der Waals surface area contributed by atoms with Crippen molar-refractivity contribution in [3.63, 3.8) is 0 Å². The van der Waals surface area contributed by atoms with Gasteiger partial charge in [0, 0.05) is 18.4 Å². The average molecular weight is 210 g/mol. The Kier molecular flexibility index (Phi) is 3.82. The topological polar surface area (TPSA) is 70.7 Å². The number of H-pyrrole nitrogens is 1. The highest BCUT2D eigenvalue weighted by Gasteiger charge is 2.24. The molecule has 15 heavy (non-hydrogen) atoms.